The lowest BCUT2D eigenvalue weighted by Crippen LogP contribution is -2.25. The summed E-state index contributed by atoms with van der Waals surface area (Å²) in [6, 6.07) is 32.5. The normalized spacial score (nSPS) is 15.6. The topological polar surface area (TPSA) is 51.2 Å². The largest absolute Gasteiger partial charge is 0.497 e. The van der Waals surface area contributed by atoms with Crippen molar-refractivity contribution in [1.29, 1.82) is 0 Å². The Bertz CT molecular complexity index is 2160. The SMILES string of the molecule is COc1ccc(C(=CC2(C=C(c3ccc(OC)cc3)c3ccc(N(C)C(C)C)cc3)OC(=O)c3c(Cl)c(Cl)c(Cl)c(Cl)c32)c2ccc(N(C)C(C)C)cc2)cc1. The maximum absolute atomic E-state index is 14.2. The molecule has 0 atom stereocenters. The van der Waals surface area contributed by atoms with Gasteiger partial charge in [-0.15, -0.1) is 0 Å². The van der Waals surface area contributed by atoms with Gasteiger partial charge in [0.25, 0.3) is 0 Å². The fraction of sp³-hybridized carbons (Fsp3) is 0.239. The number of benzene rings is 5. The van der Waals surface area contributed by atoms with Gasteiger partial charge in [0.2, 0.25) is 0 Å². The summed E-state index contributed by atoms with van der Waals surface area (Å²) in [7, 11) is 7.37. The van der Waals surface area contributed by atoms with Gasteiger partial charge < -0.3 is 24.0 Å². The van der Waals surface area contributed by atoms with Gasteiger partial charge in [-0.1, -0.05) is 94.9 Å². The van der Waals surface area contributed by atoms with E-state index in [4.69, 9.17) is 60.6 Å². The highest BCUT2D eigenvalue weighted by molar-refractivity contribution is 6.53. The molecule has 5 aromatic rings. The van der Waals surface area contributed by atoms with Crippen LogP contribution < -0.4 is 19.3 Å². The standard InChI is InChI=1S/C46H44Cl4N2O4/c1-27(2)51(5)33-17-9-29(10-18-33)37(31-13-21-35(54-7)22-14-31)25-46(40-39(45(53)56-46)41(47)43(49)44(50)42(40)48)26-38(32-15-23-36(55-8)24-16-32)30-11-19-34(20-12-30)52(6)28(3)4/h9-28H,1-8H3. The Morgan fingerprint density at radius 2 is 0.911 bits per heavy atom. The van der Waals surface area contributed by atoms with Crippen LogP contribution in [0.4, 0.5) is 11.4 Å². The van der Waals surface area contributed by atoms with E-state index < -0.39 is 11.6 Å². The van der Waals surface area contributed by atoms with Gasteiger partial charge in [-0.05, 0) is 122 Å². The van der Waals surface area contributed by atoms with Crippen LogP contribution in [0.1, 0.15) is 65.9 Å². The van der Waals surface area contributed by atoms with Crippen LogP contribution in [0, 0.1) is 0 Å². The molecule has 0 aliphatic carbocycles. The Labute approximate surface area is 349 Å². The summed E-state index contributed by atoms with van der Waals surface area (Å²) in [4.78, 5) is 18.6. The van der Waals surface area contributed by atoms with E-state index >= 15 is 0 Å². The molecule has 10 heteroatoms. The second kappa shape index (κ2) is 16.9. The van der Waals surface area contributed by atoms with Crippen LogP contribution in [0.2, 0.25) is 20.1 Å². The number of carbonyl (C=O) groups excluding carboxylic acids is 1. The fourth-order valence-electron chi connectivity index (χ4n) is 6.68. The Kier molecular flexibility index (Phi) is 12.4. The van der Waals surface area contributed by atoms with Crippen LogP contribution >= 0.6 is 46.4 Å². The Morgan fingerprint density at radius 3 is 1.25 bits per heavy atom. The predicted octanol–water partition coefficient (Wildman–Crippen LogP) is 12.6. The van der Waals surface area contributed by atoms with Crippen molar-refractivity contribution in [3.63, 3.8) is 0 Å². The highest BCUT2D eigenvalue weighted by atomic mass is 35.5. The molecule has 1 aliphatic heterocycles. The number of methoxy groups -OCH3 is 2. The predicted molar refractivity (Wildman–Crippen MR) is 234 cm³/mol. The molecule has 6 rings (SSSR count). The van der Waals surface area contributed by atoms with Gasteiger partial charge in [0.15, 0.2) is 5.60 Å². The first kappa shape index (κ1) is 41.1. The van der Waals surface area contributed by atoms with Gasteiger partial charge in [0.1, 0.15) is 11.5 Å². The van der Waals surface area contributed by atoms with Crippen molar-refractivity contribution >= 4 is 74.9 Å². The summed E-state index contributed by atoms with van der Waals surface area (Å²) in [5.41, 5.74) is 5.69. The first-order chi connectivity index (χ1) is 26.7. The molecular formula is C46H44Cl4N2O4. The first-order valence-corrected chi connectivity index (χ1v) is 19.7. The first-order valence-electron chi connectivity index (χ1n) is 18.2. The number of nitrogens with zero attached hydrogens (tertiary/aromatic N) is 2. The molecule has 0 unspecified atom stereocenters. The maximum atomic E-state index is 14.2. The van der Waals surface area contributed by atoms with E-state index in [-0.39, 0.29) is 31.2 Å². The van der Waals surface area contributed by atoms with Gasteiger partial charge in [-0.2, -0.15) is 0 Å². The lowest BCUT2D eigenvalue weighted by atomic mass is 9.83. The molecule has 0 radical (unpaired) electrons. The molecular weight excluding hydrogens is 786 g/mol. The number of carbonyl (C=O) groups is 1. The number of hydrogen-bond donors (Lipinski definition) is 0. The molecule has 0 N–H and O–H groups in total. The number of cyclic esters (lactones) is 1. The second-order valence-corrected chi connectivity index (χ2v) is 15.8. The summed E-state index contributed by atoms with van der Waals surface area (Å²) in [6.07, 6.45) is 3.83. The molecule has 6 nitrogen and oxygen atoms in total. The van der Waals surface area contributed by atoms with Crippen LogP contribution in [0.25, 0.3) is 11.1 Å². The summed E-state index contributed by atoms with van der Waals surface area (Å²) in [5, 5.41) is 0.00301. The molecule has 0 aromatic heterocycles. The minimum absolute atomic E-state index is 0.0145. The van der Waals surface area contributed by atoms with Crippen LogP contribution in [0.15, 0.2) is 109 Å². The zero-order valence-electron chi connectivity index (χ0n) is 32.6. The van der Waals surface area contributed by atoms with Crippen molar-refractivity contribution in [2.24, 2.45) is 0 Å². The van der Waals surface area contributed by atoms with Crippen LogP contribution in [0.5, 0.6) is 11.5 Å². The summed E-state index contributed by atoms with van der Waals surface area (Å²) < 4.78 is 17.6. The molecule has 56 heavy (non-hydrogen) atoms. The minimum atomic E-state index is -1.65. The molecule has 0 spiro atoms. The molecule has 1 heterocycles. The monoisotopic (exact) mass is 828 g/mol. The Balaban J connectivity index is 1.71. The van der Waals surface area contributed by atoms with Crippen molar-refractivity contribution in [2.75, 3.05) is 38.1 Å². The van der Waals surface area contributed by atoms with Gasteiger partial charge in [0, 0.05) is 43.1 Å². The summed E-state index contributed by atoms with van der Waals surface area (Å²) in [5.74, 6) is 0.696. The van der Waals surface area contributed by atoms with Gasteiger partial charge in [-0.3, -0.25) is 0 Å². The second-order valence-electron chi connectivity index (χ2n) is 14.3. The molecule has 0 saturated heterocycles. The van der Waals surface area contributed by atoms with E-state index in [0.717, 1.165) is 44.8 Å². The van der Waals surface area contributed by atoms with Gasteiger partial charge in [0.05, 0.1) is 39.9 Å². The van der Waals surface area contributed by atoms with Crippen molar-refractivity contribution in [1.82, 2.24) is 0 Å². The number of fused-ring (bicyclic) bond motifs is 1. The van der Waals surface area contributed by atoms with Gasteiger partial charge in [-0.25, -0.2) is 4.79 Å². The highest BCUT2D eigenvalue weighted by Gasteiger charge is 2.48. The zero-order chi connectivity index (χ0) is 40.5. The summed E-state index contributed by atoms with van der Waals surface area (Å²) >= 11 is 27.4. The smallest absolute Gasteiger partial charge is 0.341 e. The number of halogens is 4. The van der Waals surface area contributed by atoms with E-state index in [0.29, 0.717) is 23.6 Å². The van der Waals surface area contributed by atoms with E-state index in [1.807, 2.05) is 60.7 Å². The van der Waals surface area contributed by atoms with Crippen molar-refractivity contribution in [3.8, 4) is 11.5 Å². The average molecular weight is 831 g/mol. The van der Waals surface area contributed by atoms with E-state index in [1.165, 1.54) is 0 Å². The van der Waals surface area contributed by atoms with E-state index in [9.17, 15) is 4.79 Å². The van der Waals surface area contributed by atoms with Gasteiger partial charge >= 0.3 is 5.97 Å². The molecule has 5 aromatic carbocycles. The molecule has 0 fully saturated rings. The number of hydrogen-bond acceptors (Lipinski definition) is 6. The Hall–Kier alpha value is -4.59. The Morgan fingerprint density at radius 1 is 0.571 bits per heavy atom. The quantitative estimate of drug-likeness (QED) is 0.0709. The zero-order valence-corrected chi connectivity index (χ0v) is 35.6. The third-order valence-corrected chi connectivity index (χ3v) is 12.2. The van der Waals surface area contributed by atoms with Crippen LogP contribution in [-0.4, -0.2) is 46.4 Å². The van der Waals surface area contributed by atoms with Crippen molar-refractivity contribution in [2.45, 2.75) is 45.4 Å². The number of esters is 1. The molecule has 1 aliphatic rings. The van der Waals surface area contributed by atoms with E-state index in [1.54, 1.807) is 14.2 Å². The maximum Gasteiger partial charge on any atom is 0.341 e. The molecule has 0 bridgehead atoms. The number of rotatable bonds is 12. The fourth-order valence-corrected chi connectivity index (χ4v) is 7.75. The molecule has 0 saturated carbocycles. The lowest BCUT2D eigenvalue weighted by molar-refractivity contribution is 0.0300. The lowest BCUT2D eigenvalue weighted by Gasteiger charge is -2.28. The van der Waals surface area contributed by atoms with Crippen LogP contribution in [-0.2, 0) is 10.3 Å². The third-order valence-electron chi connectivity index (χ3n) is 10.4. The molecule has 0 amide bonds. The summed E-state index contributed by atoms with van der Waals surface area (Å²) in [6.45, 7) is 8.56. The molecule has 290 valence electrons. The number of anilines is 2. The third kappa shape index (κ3) is 7.99. The van der Waals surface area contributed by atoms with Crippen molar-refractivity contribution < 1.29 is 19.0 Å². The van der Waals surface area contributed by atoms with Crippen molar-refractivity contribution in [3.05, 3.63) is 163 Å². The average Bonchev–Trinajstić information content (AvgIpc) is 3.51. The highest BCUT2D eigenvalue weighted by Crippen LogP contribution is 2.53. The van der Waals surface area contributed by atoms with E-state index in [2.05, 4.69) is 100 Å². The number of ether oxygens (including phenoxy) is 3. The minimum Gasteiger partial charge on any atom is -0.497 e. The van der Waals surface area contributed by atoms with Crippen LogP contribution in [0.3, 0.4) is 0 Å².